The highest BCUT2D eigenvalue weighted by Gasteiger charge is 2.28. The first kappa shape index (κ1) is 23.4. The number of halogens is 1. The van der Waals surface area contributed by atoms with Crippen LogP contribution in [-0.4, -0.2) is 35.1 Å². The van der Waals surface area contributed by atoms with Gasteiger partial charge in [0.1, 0.15) is 6.54 Å². The summed E-state index contributed by atoms with van der Waals surface area (Å²) >= 11 is 5.97. The topological polar surface area (TPSA) is 84.9 Å². The molecule has 0 aliphatic rings. The Kier molecular flexibility index (Phi) is 7.27. The first-order valence-corrected chi connectivity index (χ1v) is 11.4. The monoisotopic (exact) mass is 474 g/mol. The molecule has 0 saturated heterocycles. The maximum Gasteiger partial charge on any atom is 0.264 e. The van der Waals surface area contributed by atoms with Crippen molar-refractivity contribution in [2.75, 3.05) is 30.4 Å². The molecular weight excluding hydrogens is 452 g/mol. The number of methoxy groups -OCH3 is 2. The molecule has 0 aliphatic heterocycles. The molecule has 0 spiro atoms. The smallest absolute Gasteiger partial charge is 0.264 e. The van der Waals surface area contributed by atoms with Gasteiger partial charge in [-0.05, 0) is 49.4 Å². The molecular formula is C23H23ClN2O5S. The molecule has 0 aliphatic carbocycles. The molecule has 3 aromatic rings. The van der Waals surface area contributed by atoms with Crippen LogP contribution in [0.15, 0.2) is 71.6 Å². The van der Waals surface area contributed by atoms with Crippen molar-refractivity contribution in [3.05, 3.63) is 77.3 Å². The molecule has 0 unspecified atom stereocenters. The van der Waals surface area contributed by atoms with Gasteiger partial charge in [-0.25, -0.2) is 8.42 Å². The Balaban J connectivity index is 2.01. The second-order valence-electron chi connectivity index (χ2n) is 6.92. The summed E-state index contributed by atoms with van der Waals surface area (Å²) in [7, 11) is -1.13. The van der Waals surface area contributed by atoms with E-state index in [1.165, 1.54) is 32.4 Å². The molecule has 32 heavy (non-hydrogen) atoms. The summed E-state index contributed by atoms with van der Waals surface area (Å²) in [5.41, 5.74) is 1.63. The number of nitrogens with one attached hydrogen (secondary N) is 1. The Morgan fingerprint density at radius 2 is 1.66 bits per heavy atom. The van der Waals surface area contributed by atoms with Crippen molar-refractivity contribution in [1.82, 2.24) is 0 Å². The molecule has 0 aromatic heterocycles. The third kappa shape index (κ3) is 5.33. The fourth-order valence-corrected chi connectivity index (χ4v) is 4.63. The van der Waals surface area contributed by atoms with Gasteiger partial charge in [-0.1, -0.05) is 35.4 Å². The number of aryl methyl sites for hydroxylation is 1. The molecule has 1 N–H and O–H groups in total. The number of carbonyl (C=O) groups excluding carboxylic acids is 1. The highest BCUT2D eigenvalue weighted by atomic mass is 35.5. The van der Waals surface area contributed by atoms with E-state index in [1.807, 2.05) is 6.92 Å². The van der Waals surface area contributed by atoms with E-state index < -0.39 is 22.5 Å². The normalized spacial score (nSPS) is 11.0. The van der Waals surface area contributed by atoms with Crippen molar-refractivity contribution in [3.8, 4) is 11.5 Å². The van der Waals surface area contributed by atoms with Crippen molar-refractivity contribution < 1.29 is 22.7 Å². The number of nitrogens with zero attached hydrogens (tertiary/aromatic N) is 1. The molecule has 0 saturated carbocycles. The van der Waals surface area contributed by atoms with Gasteiger partial charge in [-0.3, -0.25) is 9.10 Å². The minimum atomic E-state index is -4.06. The van der Waals surface area contributed by atoms with Crippen LogP contribution in [0.2, 0.25) is 5.02 Å². The molecule has 0 heterocycles. The van der Waals surface area contributed by atoms with E-state index in [2.05, 4.69) is 5.32 Å². The maximum atomic E-state index is 13.5. The third-order valence-electron chi connectivity index (χ3n) is 4.66. The van der Waals surface area contributed by atoms with Crippen molar-refractivity contribution in [2.45, 2.75) is 11.8 Å². The molecule has 7 nitrogen and oxygen atoms in total. The van der Waals surface area contributed by atoms with Gasteiger partial charge in [0.05, 0.1) is 24.8 Å². The Hall–Kier alpha value is -3.23. The van der Waals surface area contributed by atoms with Crippen LogP contribution in [-0.2, 0) is 14.8 Å². The van der Waals surface area contributed by atoms with Crippen LogP contribution in [0, 0.1) is 6.92 Å². The van der Waals surface area contributed by atoms with E-state index in [0.717, 1.165) is 9.87 Å². The molecule has 3 aromatic carbocycles. The number of hydrogen-bond donors (Lipinski definition) is 1. The third-order valence-corrected chi connectivity index (χ3v) is 6.68. The van der Waals surface area contributed by atoms with E-state index in [9.17, 15) is 13.2 Å². The van der Waals surface area contributed by atoms with Crippen LogP contribution < -0.4 is 19.1 Å². The Labute approximate surface area is 192 Å². The number of ether oxygens (including phenoxy) is 2. The number of rotatable bonds is 8. The van der Waals surface area contributed by atoms with Crippen molar-refractivity contribution in [3.63, 3.8) is 0 Å². The number of anilines is 2. The summed E-state index contributed by atoms with van der Waals surface area (Å²) in [6.45, 7) is 1.40. The molecule has 1 amide bonds. The van der Waals surface area contributed by atoms with Gasteiger partial charge in [0.25, 0.3) is 10.0 Å². The van der Waals surface area contributed by atoms with Crippen LogP contribution >= 0.6 is 11.6 Å². The Bertz CT molecular complexity index is 1210. The van der Waals surface area contributed by atoms with Gasteiger partial charge in [-0.2, -0.15) is 0 Å². The number of benzene rings is 3. The second kappa shape index (κ2) is 9.93. The minimum absolute atomic E-state index is 0.0634. The Morgan fingerprint density at radius 1 is 0.969 bits per heavy atom. The zero-order valence-corrected chi connectivity index (χ0v) is 19.4. The largest absolute Gasteiger partial charge is 0.493 e. The lowest BCUT2D eigenvalue weighted by molar-refractivity contribution is -0.114. The summed E-state index contributed by atoms with van der Waals surface area (Å²) in [5, 5.41) is 3.13. The fourth-order valence-electron chi connectivity index (χ4n) is 3.03. The van der Waals surface area contributed by atoms with Gasteiger partial charge in [0.2, 0.25) is 5.91 Å². The van der Waals surface area contributed by atoms with Gasteiger partial charge >= 0.3 is 0 Å². The van der Waals surface area contributed by atoms with Crippen molar-refractivity contribution in [2.24, 2.45) is 0 Å². The summed E-state index contributed by atoms with van der Waals surface area (Å²) in [6, 6.07) is 17.7. The van der Waals surface area contributed by atoms with Crippen molar-refractivity contribution in [1.29, 1.82) is 0 Å². The first-order chi connectivity index (χ1) is 15.2. The zero-order chi connectivity index (χ0) is 23.3. The lowest BCUT2D eigenvalue weighted by Crippen LogP contribution is -2.38. The average molecular weight is 475 g/mol. The van der Waals surface area contributed by atoms with Crippen molar-refractivity contribution >= 4 is 38.9 Å². The number of sulfonamides is 1. The molecule has 0 fully saturated rings. The quantitative estimate of drug-likeness (QED) is 0.519. The summed E-state index contributed by atoms with van der Waals surface area (Å²) < 4.78 is 38.6. The fraction of sp³-hybridized carbons (Fsp3) is 0.174. The van der Waals surface area contributed by atoms with E-state index in [0.29, 0.717) is 22.2 Å². The molecule has 3 rings (SSSR count). The molecule has 9 heteroatoms. The minimum Gasteiger partial charge on any atom is -0.493 e. The maximum absolute atomic E-state index is 13.5. The first-order valence-electron chi connectivity index (χ1n) is 9.61. The van der Waals surface area contributed by atoms with E-state index in [1.54, 1.807) is 48.5 Å². The average Bonchev–Trinajstić information content (AvgIpc) is 2.77. The van der Waals surface area contributed by atoms with E-state index in [-0.39, 0.29) is 10.6 Å². The number of carbonyl (C=O) groups is 1. The summed E-state index contributed by atoms with van der Waals surface area (Å²) in [5.74, 6) is 0.245. The number of hydrogen-bond acceptors (Lipinski definition) is 5. The van der Waals surface area contributed by atoms with Crippen LogP contribution in [0.5, 0.6) is 11.5 Å². The highest BCUT2D eigenvalue weighted by molar-refractivity contribution is 7.92. The lowest BCUT2D eigenvalue weighted by atomic mass is 10.2. The molecule has 0 bridgehead atoms. The predicted octanol–water partition coefficient (Wildman–Crippen LogP) is 4.50. The molecule has 168 valence electrons. The van der Waals surface area contributed by atoms with Crippen LogP contribution in [0.3, 0.4) is 0 Å². The lowest BCUT2D eigenvalue weighted by Gasteiger charge is -2.25. The highest BCUT2D eigenvalue weighted by Crippen LogP contribution is 2.34. The zero-order valence-electron chi connectivity index (χ0n) is 17.8. The van der Waals surface area contributed by atoms with E-state index in [4.69, 9.17) is 21.1 Å². The van der Waals surface area contributed by atoms with Crippen LogP contribution in [0.1, 0.15) is 5.56 Å². The molecule has 0 radical (unpaired) electrons. The van der Waals surface area contributed by atoms with Gasteiger partial charge in [0.15, 0.2) is 11.5 Å². The second-order valence-corrected chi connectivity index (χ2v) is 9.22. The summed E-state index contributed by atoms with van der Waals surface area (Å²) in [4.78, 5) is 12.9. The van der Waals surface area contributed by atoms with Gasteiger partial charge < -0.3 is 14.8 Å². The van der Waals surface area contributed by atoms with Gasteiger partial charge in [-0.15, -0.1) is 0 Å². The van der Waals surface area contributed by atoms with Crippen LogP contribution in [0.4, 0.5) is 11.4 Å². The van der Waals surface area contributed by atoms with Gasteiger partial charge in [0, 0.05) is 16.8 Å². The molecule has 0 atom stereocenters. The number of amides is 1. The SMILES string of the molecule is COc1ccc(N(CC(=O)Nc2cccc(Cl)c2)S(=O)(=O)c2ccc(C)cc2)cc1OC. The standard InChI is InChI=1S/C23H23ClN2O5S/c1-16-7-10-20(11-8-16)32(28,29)26(19-9-12-21(30-2)22(14-19)31-3)15-23(27)25-18-6-4-5-17(24)13-18/h4-14H,15H2,1-3H3,(H,25,27). The summed E-state index contributed by atoms with van der Waals surface area (Å²) in [6.07, 6.45) is 0. The van der Waals surface area contributed by atoms with Crippen LogP contribution in [0.25, 0.3) is 0 Å². The Morgan fingerprint density at radius 3 is 2.28 bits per heavy atom. The predicted molar refractivity (Wildman–Crippen MR) is 125 cm³/mol. The van der Waals surface area contributed by atoms with E-state index >= 15 is 0 Å².